The number of benzene rings is 3. The number of hydrogen-bond acceptors (Lipinski definition) is 10. The molecule has 222 valence electrons. The predicted octanol–water partition coefficient (Wildman–Crippen LogP) is 6.17. The van der Waals surface area contributed by atoms with Crippen LogP contribution < -0.4 is 22.6 Å². The fourth-order valence-electron chi connectivity index (χ4n) is 4.00. The molecule has 0 N–H and O–H groups in total. The molecule has 0 aliphatic carbocycles. The number of methoxy groups -OCH3 is 2. The van der Waals surface area contributed by atoms with Crippen LogP contribution in [0.2, 0.25) is 0 Å². The van der Waals surface area contributed by atoms with Gasteiger partial charge in [-0.15, -0.1) is 11.8 Å². The first-order valence-corrected chi connectivity index (χ1v) is 17.2. The summed E-state index contributed by atoms with van der Waals surface area (Å²) in [6, 6.07) is 13.9. The summed E-state index contributed by atoms with van der Waals surface area (Å²) in [5, 5.41) is 0. The van der Waals surface area contributed by atoms with Gasteiger partial charge in [-0.05, 0) is 68.0 Å². The summed E-state index contributed by atoms with van der Waals surface area (Å²) in [7, 11) is -5.14. The van der Waals surface area contributed by atoms with E-state index in [0.29, 0.717) is 17.5 Å². The highest BCUT2D eigenvalue weighted by atomic mass is 32.2. The van der Waals surface area contributed by atoms with Crippen LogP contribution in [-0.2, 0) is 20.2 Å². The van der Waals surface area contributed by atoms with E-state index in [1.165, 1.54) is 20.3 Å². The third-order valence-corrected chi connectivity index (χ3v) is 7.36. The van der Waals surface area contributed by atoms with Crippen LogP contribution in [0.15, 0.2) is 65.1 Å². The topological polar surface area (TPSA) is 114 Å². The van der Waals surface area contributed by atoms with E-state index < -0.39 is 20.2 Å². The molecule has 41 heavy (non-hydrogen) atoms. The number of thioether (sulfide) groups is 1. The zero-order valence-electron chi connectivity index (χ0n) is 24.0. The Morgan fingerprint density at radius 2 is 1.41 bits per heavy atom. The average molecular weight is 623 g/mol. The van der Waals surface area contributed by atoms with Crippen molar-refractivity contribution >= 4 is 32.0 Å². The molecule has 0 aliphatic heterocycles. The van der Waals surface area contributed by atoms with E-state index in [-0.39, 0.29) is 40.9 Å². The van der Waals surface area contributed by atoms with Crippen molar-refractivity contribution in [1.29, 1.82) is 0 Å². The molecule has 9 nitrogen and oxygen atoms in total. The molecule has 3 rings (SSSR count). The van der Waals surface area contributed by atoms with E-state index in [0.717, 1.165) is 28.5 Å². The van der Waals surface area contributed by atoms with Gasteiger partial charge in [-0.2, -0.15) is 16.8 Å². The van der Waals surface area contributed by atoms with Crippen molar-refractivity contribution < 1.29 is 39.4 Å². The van der Waals surface area contributed by atoms with E-state index in [4.69, 9.17) is 22.6 Å². The SMILES string of the molecule is COc1cc(-c2ccc(SC)cc2)c(OC)c(OS(C)(=O)=O)c1-c1ccc(OCCC=C(C)C)c(OS(C)(=O)=O)c1. The van der Waals surface area contributed by atoms with Crippen molar-refractivity contribution in [1.82, 2.24) is 0 Å². The molecule has 0 radical (unpaired) electrons. The maximum Gasteiger partial charge on any atom is 0.306 e. The van der Waals surface area contributed by atoms with Gasteiger partial charge in [-0.1, -0.05) is 29.8 Å². The highest BCUT2D eigenvalue weighted by molar-refractivity contribution is 7.98. The third-order valence-electron chi connectivity index (χ3n) is 5.66. The summed E-state index contributed by atoms with van der Waals surface area (Å²) >= 11 is 1.59. The third kappa shape index (κ3) is 8.82. The molecule has 0 heterocycles. The molecule has 3 aromatic carbocycles. The van der Waals surface area contributed by atoms with Crippen LogP contribution in [0.3, 0.4) is 0 Å². The zero-order valence-corrected chi connectivity index (χ0v) is 26.5. The molecule has 0 aromatic heterocycles. The van der Waals surface area contributed by atoms with Crippen molar-refractivity contribution in [2.75, 3.05) is 39.6 Å². The second-order valence-corrected chi connectivity index (χ2v) is 13.3. The molecule has 0 unspecified atom stereocenters. The summed E-state index contributed by atoms with van der Waals surface area (Å²) in [5.74, 6) is 0.404. The second kappa shape index (κ2) is 13.5. The Bertz CT molecular complexity index is 1620. The van der Waals surface area contributed by atoms with Gasteiger partial charge < -0.3 is 22.6 Å². The number of hydrogen-bond donors (Lipinski definition) is 0. The molecule has 0 saturated heterocycles. The normalized spacial score (nSPS) is 11.5. The van der Waals surface area contributed by atoms with Crippen LogP contribution >= 0.6 is 11.8 Å². The first-order chi connectivity index (χ1) is 19.3. The lowest BCUT2D eigenvalue weighted by Gasteiger charge is -2.21. The van der Waals surface area contributed by atoms with Gasteiger partial charge in [0.05, 0.1) is 38.9 Å². The zero-order chi connectivity index (χ0) is 30.4. The summed E-state index contributed by atoms with van der Waals surface area (Å²) in [5.41, 5.74) is 2.96. The van der Waals surface area contributed by atoms with Crippen LogP contribution in [0.25, 0.3) is 22.3 Å². The molecule has 0 atom stereocenters. The van der Waals surface area contributed by atoms with Crippen LogP contribution in [-0.4, -0.2) is 56.4 Å². The van der Waals surface area contributed by atoms with Crippen LogP contribution in [0, 0.1) is 0 Å². The van der Waals surface area contributed by atoms with Crippen molar-refractivity contribution in [2.45, 2.75) is 25.2 Å². The predicted molar refractivity (Wildman–Crippen MR) is 163 cm³/mol. The smallest absolute Gasteiger partial charge is 0.306 e. The fourth-order valence-corrected chi connectivity index (χ4v) is 5.32. The van der Waals surface area contributed by atoms with Gasteiger partial charge in [0.15, 0.2) is 23.0 Å². The van der Waals surface area contributed by atoms with Crippen molar-refractivity contribution in [3.63, 3.8) is 0 Å². The van der Waals surface area contributed by atoms with E-state index >= 15 is 0 Å². The van der Waals surface area contributed by atoms with E-state index in [1.807, 2.05) is 50.4 Å². The average Bonchev–Trinajstić information content (AvgIpc) is 2.89. The quantitative estimate of drug-likeness (QED) is 0.0949. The van der Waals surface area contributed by atoms with Gasteiger partial charge >= 0.3 is 20.2 Å². The second-order valence-electron chi connectivity index (χ2n) is 9.25. The minimum absolute atomic E-state index is 0.0785. The van der Waals surface area contributed by atoms with Crippen LogP contribution in [0.5, 0.6) is 28.7 Å². The monoisotopic (exact) mass is 622 g/mol. The van der Waals surface area contributed by atoms with Gasteiger partial charge in [0, 0.05) is 10.5 Å². The van der Waals surface area contributed by atoms with Crippen molar-refractivity contribution in [3.8, 4) is 51.0 Å². The molecule has 0 aliphatic rings. The van der Waals surface area contributed by atoms with E-state index in [2.05, 4.69) is 0 Å². The molecular formula is C29H34O9S3. The molecular weight excluding hydrogens is 589 g/mol. The number of rotatable bonds is 13. The maximum absolute atomic E-state index is 12.4. The largest absolute Gasteiger partial charge is 0.496 e. The first-order valence-electron chi connectivity index (χ1n) is 12.4. The minimum Gasteiger partial charge on any atom is -0.496 e. The summed E-state index contributed by atoms with van der Waals surface area (Å²) in [6.07, 6.45) is 6.41. The van der Waals surface area contributed by atoms with Crippen molar-refractivity contribution in [2.24, 2.45) is 0 Å². The Morgan fingerprint density at radius 1 is 0.780 bits per heavy atom. The highest BCUT2D eigenvalue weighted by Gasteiger charge is 2.27. The van der Waals surface area contributed by atoms with E-state index in [1.54, 1.807) is 30.0 Å². The van der Waals surface area contributed by atoms with Gasteiger partial charge in [-0.25, -0.2) is 0 Å². The van der Waals surface area contributed by atoms with Crippen LogP contribution in [0.1, 0.15) is 20.3 Å². The first kappa shape index (κ1) is 32.2. The molecule has 0 saturated carbocycles. The van der Waals surface area contributed by atoms with Gasteiger partial charge in [0.2, 0.25) is 0 Å². The number of allylic oxidation sites excluding steroid dienone is 1. The fraction of sp³-hybridized carbons (Fsp3) is 0.310. The molecule has 3 aromatic rings. The van der Waals surface area contributed by atoms with Crippen LogP contribution in [0.4, 0.5) is 0 Å². The Labute approximate surface area is 246 Å². The molecule has 0 spiro atoms. The van der Waals surface area contributed by atoms with Crippen molar-refractivity contribution in [3.05, 3.63) is 60.2 Å². The van der Waals surface area contributed by atoms with Gasteiger partial charge in [0.25, 0.3) is 0 Å². The minimum atomic E-state index is -4.04. The lowest BCUT2D eigenvalue weighted by atomic mass is 9.96. The molecule has 12 heteroatoms. The lowest BCUT2D eigenvalue weighted by molar-refractivity contribution is 0.314. The standard InChI is InChI=1S/C29H34O9S3/c1-19(2)9-8-16-36-24-15-12-21(17-25(24)37-40(6,30)31)27-26(34-3)18-23(20-10-13-22(39-5)14-11-20)28(35-4)29(27)38-41(7,32)33/h9-15,17-18H,8,16H2,1-7H3. The maximum atomic E-state index is 12.4. The Kier molecular flexibility index (Phi) is 10.6. The van der Waals surface area contributed by atoms with E-state index in [9.17, 15) is 16.8 Å². The highest BCUT2D eigenvalue weighted by Crippen LogP contribution is 2.51. The molecule has 0 fully saturated rings. The summed E-state index contributed by atoms with van der Waals surface area (Å²) in [4.78, 5) is 1.05. The Balaban J connectivity index is 2.28. The molecule has 0 amide bonds. The molecule has 0 bridgehead atoms. The van der Waals surface area contributed by atoms with Gasteiger partial charge in [-0.3, -0.25) is 0 Å². The van der Waals surface area contributed by atoms with Gasteiger partial charge in [0.1, 0.15) is 5.75 Å². The summed E-state index contributed by atoms with van der Waals surface area (Å²) < 4.78 is 77.1. The summed E-state index contributed by atoms with van der Waals surface area (Å²) in [6.45, 7) is 4.22. The number of ether oxygens (including phenoxy) is 3. The Hall–Kier alpha value is -3.35. The Morgan fingerprint density at radius 3 is 1.95 bits per heavy atom. The lowest BCUT2D eigenvalue weighted by Crippen LogP contribution is -2.10.